The summed E-state index contributed by atoms with van der Waals surface area (Å²) in [5.74, 6) is 0. The molecule has 1 aromatic carbocycles. The Morgan fingerprint density at radius 2 is 1.70 bits per heavy atom. The third-order valence-electron chi connectivity index (χ3n) is 4.22. The average molecular weight is 389 g/mol. The second kappa shape index (κ2) is 7.56. The highest BCUT2D eigenvalue weighted by Gasteiger charge is 2.26. The molecule has 0 unspecified atom stereocenters. The molecule has 0 spiro atoms. The van der Waals surface area contributed by atoms with Gasteiger partial charge in [0.1, 0.15) is 5.60 Å². The Morgan fingerprint density at radius 1 is 1.07 bits per heavy atom. The van der Waals surface area contributed by atoms with Crippen LogP contribution >= 0.6 is 11.3 Å². The highest BCUT2D eigenvalue weighted by molar-refractivity contribution is 7.18. The van der Waals surface area contributed by atoms with Gasteiger partial charge in [0.15, 0.2) is 0 Å². The molecule has 0 atom stereocenters. The molecule has 2 heterocycles. The first-order chi connectivity index (χ1) is 12.7. The summed E-state index contributed by atoms with van der Waals surface area (Å²) in [7, 11) is 0. The molecule has 1 aliphatic heterocycles. The number of ether oxygens (including phenoxy) is 1. The van der Waals surface area contributed by atoms with E-state index >= 15 is 0 Å². The molecule has 3 rings (SSSR count). The van der Waals surface area contributed by atoms with Crippen molar-refractivity contribution < 1.29 is 14.5 Å². The van der Waals surface area contributed by atoms with Crippen LogP contribution in [0.4, 0.5) is 15.5 Å². The molecule has 7 nitrogen and oxygen atoms in total. The lowest BCUT2D eigenvalue weighted by Gasteiger charge is -2.36. The summed E-state index contributed by atoms with van der Waals surface area (Å²) in [4.78, 5) is 27.4. The van der Waals surface area contributed by atoms with Crippen molar-refractivity contribution in [3.8, 4) is 10.4 Å². The van der Waals surface area contributed by atoms with E-state index in [1.165, 1.54) is 17.4 Å². The summed E-state index contributed by atoms with van der Waals surface area (Å²) in [6, 6.07) is 11.3. The van der Waals surface area contributed by atoms with Crippen LogP contribution in [0.3, 0.4) is 0 Å². The van der Waals surface area contributed by atoms with Crippen molar-refractivity contribution in [1.29, 1.82) is 0 Å². The molecule has 1 aromatic heterocycles. The SMILES string of the molecule is CC(C)(C)OC(=O)N1CCN(c2ccc(-c3ccc([N+](=O)[O-])s3)cc2)CC1. The van der Waals surface area contributed by atoms with E-state index in [1.54, 1.807) is 11.0 Å². The van der Waals surface area contributed by atoms with Gasteiger partial charge >= 0.3 is 11.1 Å². The predicted octanol–water partition coefficient (Wildman–Crippen LogP) is 4.38. The molecular formula is C19H23N3O4S. The molecule has 2 aromatic rings. The quantitative estimate of drug-likeness (QED) is 0.575. The molecule has 0 N–H and O–H groups in total. The van der Waals surface area contributed by atoms with Crippen LogP contribution in [0.5, 0.6) is 0 Å². The summed E-state index contributed by atoms with van der Waals surface area (Å²) in [6.07, 6.45) is -0.267. The number of nitrogens with zero attached hydrogens (tertiary/aromatic N) is 3. The smallest absolute Gasteiger partial charge is 0.410 e. The van der Waals surface area contributed by atoms with E-state index in [9.17, 15) is 14.9 Å². The number of amides is 1. The zero-order valence-corrected chi connectivity index (χ0v) is 16.5. The van der Waals surface area contributed by atoms with Gasteiger partial charge in [-0.2, -0.15) is 0 Å². The van der Waals surface area contributed by atoms with Crippen LogP contribution in [0.15, 0.2) is 36.4 Å². The standard InChI is InChI=1S/C19H23N3O4S/c1-19(2,3)26-18(23)21-12-10-20(11-13-21)15-6-4-14(5-7-15)16-8-9-17(27-16)22(24)25/h4-9H,10-13H2,1-3H3. The molecule has 1 fully saturated rings. The van der Waals surface area contributed by atoms with E-state index in [1.807, 2.05) is 45.0 Å². The molecule has 0 radical (unpaired) electrons. The number of hydrogen-bond donors (Lipinski definition) is 0. The first kappa shape index (κ1) is 19.2. The number of piperazine rings is 1. The number of benzene rings is 1. The van der Waals surface area contributed by atoms with E-state index in [2.05, 4.69) is 4.90 Å². The molecular weight excluding hydrogens is 366 g/mol. The summed E-state index contributed by atoms with van der Waals surface area (Å²) >= 11 is 1.17. The van der Waals surface area contributed by atoms with Gasteiger partial charge < -0.3 is 14.5 Å². The van der Waals surface area contributed by atoms with Crippen LogP contribution < -0.4 is 4.90 Å². The van der Waals surface area contributed by atoms with E-state index in [4.69, 9.17) is 4.74 Å². The first-order valence-corrected chi connectivity index (χ1v) is 9.62. The summed E-state index contributed by atoms with van der Waals surface area (Å²) < 4.78 is 5.42. The van der Waals surface area contributed by atoms with E-state index in [-0.39, 0.29) is 16.0 Å². The van der Waals surface area contributed by atoms with Gasteiger partial charge in [0, 0.05) is 42.8 Å². The van der Waals surface area contributed by atoms with Crippen LogP contribution in [0.25, 0.3) is 10.4 Å². The molecule has 8 heteroatoms. The van der Waals surface area contributed by atoms with Crippen LogP contribution in [0.2, 0.25) is 0 Å². The van der Waals surface area contributed by atoms with Gasteiger partial charge in [0.25, 0.3) is 0 Å². The molecule has 0 saturated carbocycles. The molecule has 1 aliphatic rings. The number of thiophene rings is 1. The fourth-order valence-corrected chi connectivity index (χ4v) is 3.72. The van der Waals surface area contributed by atoms with Gasteiger partial charge in [-0.25, -0.2) is 4.79 Å². The second-order valence-corrected chi connectivity index (χ2v) is 8.46. The van der Waals surface area contributed by atoms with Crippen LogP contribution in [0, 0.1) is 10.1 Å². The Labute approximate surface area is 162 Å². The fourth-order valence-electron chi connectivity index (χ4n) is 2.89. The highest BCUT2D eigenvalue weighted by Crippen LogP contribution is 2.33. The fraction of sp³-hybridized carbons (Fsp3) is 0.421. The molecule has 144 valence electrons. The second-order valence-electron chi connectivity index (χ2n) is 7.40. The maximum atomic E-state index is 12.1. The molecule has 0 bridgehead atoms. The number of carbonyl (C=O) groups excluding carboxylic acids is 1. The van der Waals surface area contributed by atoms with Gasteiger partial charge in [0.2, 0.25) is 0 Å². The van der Waals surface area contributed by atoms with Gasteiger partial charge in [-0.15, -0.1) is 0 Å². The number of nitro groups is 1. The van der Waals surface area contributed by atoms with Crippen molar-refractivity contribution in [3.05, 3.63) is 46.5 Å². The monoisotopic (exact) mass is 389 g/mol. The Bertz CT molecular complexity index is 818. The first-order valence-electron chi connectivity index (χ1n) is 8.80. The van der Waals surface area contributed by atoms with Crippen molar-refractivity contribution in [2.24, 2.45) is 0 Å². The van der Waals surface area contributed by atoms with Crippen molar-refractivity contribution in [1.82, 2.24) is 4.90 Å². The van der Waals surface area contributed by atoms with Crippen LogP contribution in [0.1, 0.15) is 20.8 Å². The summed E-state index contributed by atoms with van der Waals surface area (Å²) in [6.45, 7) is 8.31. The Kier molecular flexibility index (Phi) is 5.36. The van der Waals surface area contributed by atoms with Crippen molar-refractivity contribution >= 4 is 28.1 Å². The Balaban J connectivity index is 1.60. The van der Waals surface area contributed by atoms with Gasteiger partial charge in [-0.1, -0.05) is 23.5 Å². The molecule has 1 saturated heterocycles. The lowest BCUT2D eigenvalue weighted by atomic mass is 10.1. The molecule has 1 amide bonds. The van der Waals surface area contributed by atoms with Gasteiger partial charge in [0.05, 0.1) is 4.92 Å². The minimum Gasteiger partial charge on any atom is -0.444 e. The Morgan fingerprint density at radius 3 is 2.22 bits per heavy atom. The molecule has 27 heavy (non-hydrogen) atoms. The highest BCUT2D eigenvalue weighted by atomic mass is 32.1. The Hall–Kier alpha value is -2.61. The lowest BCUT2D eigenvalue weighted by molar-refractivity contribution is -0.380. The average Bonchev–Trinajstić information content (AvgIpc) is 3.11. The third-order valence-corrected chi connectivity index (χ3v) is 5.31. The predicted molar refractivity (Wildman–Crippen MR) is 106 cm³/mol. The summed E-state index contributed by atoms with van der Waals surface area (Å²) in [5.41, 5.74) is 1.55. The van der Waals surface area contributed by atoms with E-state index in [0.29, 0.717) is 13.1 Å². The van der Waals surface area contributed by atoms with Gasteiger partial charge in [-0.05, 0) is 44.5 Å². The maximum Gasteiger partial charge on any atom is 0.410 e. The topological polar surface area (TPSA) is 75.9 Å². The van der Waals surface area contributed by atoms with E-state index < -0.39 is 5.60 Å². The van der Waals surface area contributed by atoms with Gasteiger partial charge in [-0.3, -0.25) is 10.1 Å². The number of rotatable bonds is 3. The lowest BCUT2D eigenvalue weighted by Crippen LogP contribution is -2.50. The van der Waals surface area contributed by atoms with Crippen molar-refractivity contribution in [3.63, 3.8) is 0 Å². The third kappa shape index (κ3) is 4.77. The van der Waals surface area contributed by atoms with Crippen molar-refractivity contribution in [2.75, 3.05) is 31.1 Å². The zero-order chi connectivity index (χ0) is 19.6. The normalized spacial score (nSPS) is 14.9. The number of hydrogen-bond acceptors (Lipinski definition) is 6. The largest absolute Gasteiger partial charge is 0.444 e. The van der Waals surface area contributed by atoms with Crippen LogP contribution in [-0.2, 0) is 4.74 Å². The van der Waals surface area contributed by atoms with Crippen molar-refractivity contribution in [2.45, 2.75) is 26.4 Å². The number of anilines is 1. The summed E-state index contributed by atoms with van der Waals surface area (Å²) in [5, 5.41) is 11.0. The minimum absolute atomic E-state index is 0.146. The van der Waals surface area contributed by atoms with E-state index in [0.717, 1.165) is 29.2 Å². The molecule has 0 aliphatic carbocycles. The minimum atomic E-state index is -0.485. The zero-order valence-electron chi connectivity index (χ0n) is 15.7. The van der Waals surface area contributed by atoms with Crippen LogP contribution in [-0.4, -0.2) is 47.7 Å². The maximum absolute atomic E-state index is 12.1. The number of carbonyl (C=O) groups is 1.